The van der Waals surface area contributed by atoms with Crippen molar-refractivity contribution in [3.63, 3.8) is 0 Å². The quantitative estimate of drug-likeness (QED) is 0.534. The molecule has 7 nitrogen and oxygen atoms in total. The first-order valence-electron chi connectivity index (χ1n) is 9.07. The standard InChI is InChI=1S/C14H15BrO4.C6H14O3/c1-18-13-6-11(12(15)7-14(13)19-2)8-3-9(16)5-10(17)4-8;1-2-6(3-7,4-8)5-9/h6-8H,3-5H2,1-2H3;7-9H,2-5H2,1H3. The molecule has 158 valence electrons. The molecule has 0 heterocycles. The second-order valence-electron chi connectivity index (χ2n) is 6.92. The van der Waals surface area contributed by atoms with Crippen LogP contribution in [0.25, 0.3) is 0 Å². The lowest BCUT2D eigenvalue weighted by atomic mass is 9.82. The molecule has 0 aliphatic heterocycles. The number of hydrogen-bond acceptors (Lipinski definition) is 7. The highest BCUT2D eigenvalue weighted by molar-refractivity contribution is 9.10. The van der Waals surface area contributed by atoms with Gasteiger partial charge in [0.2, 0.25) is 0 Å². The van der Waals surface area contributed by atoms with E-state index in [0.717, 1.165) is 10.0 Å². The maximum atomic E-state index is 11.6. The van der Waals surface area contributed by atoms with Gasteiger partial charge in [-0.05, 0) is 30.0 Å². The number of benzene rings is 1. The van der Waals surface area contributed by atoms with Crippen molar-refractivity contribution in [1.29, 1.82) is 0 Å². The van der Waals surface area contributed by atoms with Crippen molar-refractivity contribution in [2.45, 2.75) is 38.5 Å². The summed E-state index contributed by atoms with van der Waals surface area (Å²) in [5, 5.41) is 26.0. The van der Waals surface area contributed by atoms with Crippen LogP contribution in [-0.4, -0.2) is 60.9 Å². The molecule has 0 unspecified atom stereocenters. The van der Waals surface area contributed by atoms with Gasteiger partial charge in [-0.1, -0.05) is 22.9 Å². The molecule has 8 heteroatoms. The Morgan fingerprint density at radius 1 is 1.00 bits per heavy atom. The number of methoxy groups -OCH3 is 2. The summed E-state index contributed by atoms with van der Waals surface area (Å²) in [6.07, 6.45) is 1.47. The van der Waals surface area contributed by atoms with Gasteiger partial charge in [0.05, 0.1) is 40.5 Å². The Kier molecular flexibility index (Phi) is 10.1. The predicted octanol–water partition coefficient (Wildman–Crippen LogP) is 2.23. The van der Waals surface area contributed by atoms with Crippen LogP contribution < -0.4 is 9.47 Å². The summed E-state index contributed by atoms with van der Waals surface area (Å²) in [6, 6.07) is 3.64. The van der Waals surface area contributed by atoms with Crippen molar-refractivity contribution in [3.05, 3.63) is 22.2 Å². The number of Topliss-reactive ketones (excluding diaryl/α,β-unsaturated/α-hetero) is 2. The number of aliphatic hydroxyl groups is 3. The van der Waals surface area contributed by atoms with E-state index < -0.39 is 5.41 Å². The minimum absolute atomic E-state index is 0.00272. The van der Waals surface area contributed by atoms with Gasteiger partial charge in [0, 0.05) is 22.7 Å². The summed E-state index contributed by atoms with van der Waals surface area (Å²) in [6.45, 7) is 1.35. The Bertz CT molecular complexity index is 637. The fourth-order valence-corrected chi connectivity index (χ4v) is 3.52. The van der Waals surface area contributed by atoms with Crippen LogP contribution in [0.1, 0.15) is 44.1 Å². The van der Waals surface area contributed by atoms with Crippen LogP contribution in [0, 0.1) is 5.41 Å². The molecule has 28 heavy (non-hydrogen) atoms. The lowest BCUT2D eigenvalue weighted by molar-refractivity contribution is -0.130. The monoisotopic (exact) mass is 460 g/mol. The van der Waals surface area contributed by atoms with Crippen LogP contribution in [0.15, 0.2) is 16.6 Å². The van der Waals surface area contributed by atoms with Crippen LogP contribution in [0.5, 0.6) is 11.5 Å². The molecule has 0 atom stereocenters. The number of halogens is 1. The molecule has 0 radical (unpaired) electrons. The van der Waals surface area contributed by atoms with E-state index in [-0.39, 0.29) is 43.7 Å². The van der Waals surface area contributed by atoms with Gasteiger partial charge in [-0.2, -0.15) is 0 Å². The molecule has 0 amide bonds. The smallest absolute Gasteiger partial charge is 0.161 e. The van der Waals surface area contributed by atoms with Crippen LogP contribution in [-0.2, 0) is 9.59 Å². The molecule has 1 aromatic carbocycles. The molecule has 0 aromatic heterocycles. The SMILES string of the molecule is CCC(CO)(CO)CO.COc1cc(Br)c(C2CC(=O)CC(=O)C2)cc1OC. The Morgan fingerprint density at radius 2 is 1.46 bits per heavy atom. The van der Waals surface area contributed by atoms with E-state index in [2.05, 4.69) is 15.9 Å². The lowest BCUT2D eigenvalue weighted by Gasteiger charge is -2.24. The topological polar surface area (TPSA) is 113 Å². The van der Waals surface area contributed by atoms with Crippen LogP contribution >= 0.6 is 15.9 Å². The summed E-state index contributed by atoms with van der Waals surface area (Å²) in [4.78, 5) is 23.1. The fourth-order valence-electron chi connectivity index (χ4n) is 2.87. The summed E-state index contributed by atoms with van der Waals surface area (Å²) in [5.74, 6) is 1.14. The van der Waals surface area contributed by atoms with Gasteiger partial charge in [0.25, 0.3) is 0 Å². The maximum absolute atomic E-state index is 11.6. The zero-order valence-corrected chi connectivity index (χ0v) is 18.1. The molecule has 3 N–H and O–H groups in total. The van der Waals surface area contributed by atoms with Crippen LogP contribution in [0.2, 0.25) is 0 Å². The van der Waals surface area contributed by atoms with Gasteiger partial charge in [0.1, 0.15) is 11.6 Å². The number of ketones is 2. The van der Waals surface area contributed by atoms with Crippen molar-refractivity contribution in [2.75, 3.05) is 34.0 Å². The molecule has 1 aromatic rings. The fraction of sp³-hybridized carbons (Fsp3) is 0.600. The van der Waals surface area contributed by atoms with E-state index >= 15 is 0 Å². The third-order valence-electron chi connectivity index (χ3n) is 5.04. The average molecular weight is 461 g/mol. The highest BCUT2D eigenvalue weighted by Crippen LogP contribution is 2.40. The largest absolute Gasteiger partial charge is 0.493 e. The van der Waals surface area contributed by atoms with Gasteiger partial charge in [-0.3, -0.25) is 9.59 Å². The zero-order valence-electron chi connectivity index (χ0n) is 16.5. The molecule has 1 aliphatic carbocycles. The molecule has 1 aliphatic rings. The van der Waals surface area contributed by atoms with Crippen LogP contribution in [0.3, 0.4) is 0 Å². The number of ether oxygens (including phenoxy) is 2. The minimum atomic E-state index is -0.667. The van der Waals surface area contributed by atoms with Crippen molar-refractivity contribution in [1.82, 2.24) is 0 Å². The number of aliphatic hydroxyl groups excluding tert-OH is 3. The van der Waals surface area contributed by atoms with Crippen molar-refractivity contribution in [2.24, 2.45) is 5.41 Å². The van der Waals surface area contributed by atoms with E-state index in [1.807, 2.05) is 13.0 Å². The molecule has 0 saturated heterocycles. The van der Waals surface area contributed by atoms with E-state index in [9.17, 15) is 9.59 Å². The Morgan fingerprint density at radius 3 is 1.82 bits per heavy atom. The molecular weight excluding hydrogens is 432 g/mol. The second kappa shape index (κ2) is 11.5. The van der Waals surface area contributed by atoms with Gasteiger partial charge in [-0.15, -0.1) is 0 Å². The van der Waals surface area contributed by atoms with Gasteiger partial charge >= 0.3 is 0 Å². The molecule has 1 fully saturated rings. The number of carbonyl (C=O) groups is 2. The first-order valence-corrected chi connectivity index (χ1v) is 9.86. The third-order valence-corrected chi connectivity index (χ3v) is 5.73. The predicted molar refractivity (Wildman–Crippen MR) is 108 cm³/mol. The molecule has 0 spiro atoms. The Labute approximate surface area is 173 Å². The Balaban J connectivity index is 0.000000370. The summed E-state index contributed by atoms with van der Waals surface area (Å²) < 4.78 is 11.3. The second-order valence-corrected chi connectivity index (χ2v) is 7.77. The van der Waals surface area contributed by atoms with E-state index in [1.165, 1.54) is 0 Å². The highest BCUT2D eigenvalue weighted by Gasteiger charge is 2.28. The third kappa shape index (κ3) is 6.27. The molecule has 0 bridgehead atoms. The first kappa shape index (κ1) is 24.6. The zero-order chi connectivity index (χ0) is 21.3. The average Bonchev–Trinajstić information content (AvgIpc) is 2.69. The van der Waals surface area contributed by atoms with Crippen molar-refractivity contribution >= 4 is 27.5 Å². The Hall–Kier alpha value is -1.48. The van der Waals surface area contributed by atoms with Gasteiger partial charge in [-0.25, -0.2) is 0 Å². The maximum Gasteiger partial charge on any atom is 0.161 e. The highest BCUT2D eigenvalue weighted by atomic mass is 79.9. The normalized spacial score (nSPS) is 15.1. The van der Waals surface area contributed by atoms with Gasteiger partial charge < -0.3 is 24.8 Å². The number of carbonyl (C=O) groups excluding carboxylic acids is 2. The molecule has 2 rings (SSSR count). The minimum Gasteiger partial charge on any atom is -0.493 e. The van der Waals surface area contributed by atoms with Crippen LogP contribution in [0.4, 0.5) is 0 Å². The summed E-state index contributed by atoms with van der Waals surface area (Å²) in [5.41, 5.74) is 0.249. The van der Waals surface area contributed by atoms with Crippen molar-refractivity contribution < 1.29 is 34.4 Å². The van der Waals surface area contributed by atoms with E-state index in [1.54, 1.807) is 20.3 Å². The lowest BCUT2D eigenvalue weighted by Crippen LogP contribution is -2.32. The number of rotatable bonds is 7. The molecular formula is C20H29BrO7. The summed E-state index contributed by atoms with van der Waals surface area (Å²) in [7, 11) is 3.13. The number of hydrogen-bond donors (Lipinski definition) is 3. The van der Waals surface area contributed by atoms with E-state index in [0.29, 0.717) is 30.8 Å². The molecule has 1 saturated carbocycles. The first-order chi connectivity index (χ1) is 13.3. The summed E-state index contributed by atoms with van der Waals surface area (Å²) >= 11 is 3.47. The van der Waals surface area contributed by atoms with E-state index in [4.69, 9.17) is 24.8 Å². The van der Waals surface area contributed by atoms with Crippen molar-refractivity contribution in [3.8, 4) is 11.5 Å². The van der Waals surface area contributed by atoms with Gasteiger partial charge in [0.15, 0.2) is 11.5 Å².